The quantitative estimate of drug-likeness (QED) is 0.793. The Labute approximate surface area is 157 Å². The predicted octanol–water partition coefficient (Wildman–Crippen LogP) is 3.78. The summed E-state index contributed by atoms with van der Waals surface area (Å²) in [6.45, 7) is 8.95. The molecular formula is C19H29ClN2O2S. The number of nitrogens with zero attached hydrogens (tertiary/aromatic N) is 2. The number of aryl methyl sites for hydroxylation is 1. The van der Waals surface area contributed by atoms with E-state index in [2.05, 4.69) is 11.8 Å². The van der Waals surface area contributed by atoms with Crippen LogP contribution in [0, 0.1) is 18.8 Å². The normalized spacial score (nSPS) is 24.5. The molecule has 4 nitrogen and oxygen atoms in total. The van der Waals surface area contributed by atoms with E-state index in [9.17, 15) is 8.42 Å². The third-order valence-electron chi connectivity index (χ3n) is 5.61. The van der Waals surface area contributed by atoms with Gasteiger partial charge < -0.3 is 4.90 Å². The summed E-state index contributed by atoms with van der Waals surface area (Å²) < 4.78 is 27.3. The molecule has 0 unspecified atom stereocenters. The van der Waals surface area contributed by atoms with Crippen LogP contribution in [0.5, 0.6) is 0 Å². The van der Waals surface area contributed by atoms with Crippen LogP contribution in [0.25, 0.3) is 0 Å². The van der Waals surface area contributed by atoms with Gasteiger partial charge in [-0.25, -0.2) is 8.42 Å². The molecule has 2 aliphatic heterocycles. The topological polar surface area (TPSA) is 40.6 Å². The lowest BCUT2D eigenvalue weighted by Gasteiger charge is -2.37. The molecule has 3 rings (SSSR count). The van der Waals surface area contributed by atoms with E-state index in [1.165, 1.54) is 25.9 Å². The maximum Gasteiger partial charge on any atom is 0.243 e. The number of hydrogen-bond acceptors (Lipinski definition) is 3. The minimum atomic E-state index is -3.43. The average Bonchev–Trinajstić information content (AvgIpc) is 2.58. The van der Waals surface area contributed by atoms with Gasteiger partial charge in [0.2, 0.25) is 10.0 Å². The molecule has 0 aromatic heterocycles. The summed E-state index contributed by atoms with van der Waals surface area (Å²) in [6, 6.07) is 5.02. The first-order valence-corrected chi connectivity index (χ1v) is 11.2. The summed E-state index contributed by atoms with van der Waals surface area (Å²) in [5.41, 5.74) is 0.898. The van der Waals surface area contributed by atoms with Crippen molar-refractivity contribution < 1.29 is 8.42 Å². The molecule has 0 aliphatic carbocycles. The second-order valence-electron chi connectivity index (χ2n) is 7.77. The second kappa shape index (κ2) is 7.95. The number of benzene rings is 1. The highest BCUT2D eigenvalue weighted by molar-refractivity contribution is 7.89. The molecule has 25 heavy (non-hydrogen) atoms. The fraction of sp³-hybridized carbons (Fsp3) is 0.684. The number of halogens is 1. The first-order valence-electron chi connectivity index (χ1n) is 9.35. The van der Waals surface area contributed by atoms with Gasteiger partial charge in [0.25, 0.3) is 0 Å². The van der Waals surface area contributed by atoms with Crippen LogP contribution in [0.1, 0.15) is 38.2 Å². The molecule has 1 aromatic carbocycles. The Kier molecular flexibility index (Phi) is 6.09. The van der Waals surface area contributed by atoms with Crippen LogP contribution >= 0.6 is 11.6 Å². The molecular weight excluding hydrogens is 356 g/mol. The summed E-state index contributed by atoms with van der Waals surface area (Å²) in [6.07, 6.45) is 4.53. The number of sulfonamides is 1. The first kappa shape index (κ1) is 19.2. The molecule has 2 heterocycles. The fourth-order valence-corrected chi connectivity index (χ4v) is 5.77. The van der Waals surface area contributed by atoms with E-state index in [0.29, 0.717) is 28.9 Å². The van der Waals surface area contributed by atoms with E-state index in [4.69, 9.17) is 11.6 Å². The highest BCUT2D eigenvalue weighted by atomic mass is 35.5. The molecule has 1 aromatic rings. The number of piperidine rings is 2. The van der Waals surface area contributed by atoms with Crippen LogP contribution in [0.15, 0.2) is 23.1 Å². The Balaban J connectivity index is 1.58. The number of likely N-dealkylation sites (tertiary alicyclic amines) is 1. The minimum Gasteiger partial charge on any atom is -0.303 e. The SMILES string of the molecule is Cc1ccc(S(=O)(=O)N2CCC(CN3CCC[C@@H](C)C3)CC2)cc1Cl. The van der Waals surface area contributed by atoms with Crippen molar-refractivity contribution >= 4 is 21.6 Å². The Bertz CT molecular complexity index is 699. The van der Waals surface area contributed by atoms with Crippen LogP contribution in [-0.2, 0) is 10.0 Å². The van der Waals surface area contributed by atoms with Crippen molar-refractivity contribution in [2.24, 2.45) is 11.8 Å². The van der Waals surface area contributed by atoms with Gasteiger partial charge in [-0.1, -0.05) is 24.6 Å². The number of hydrogen-bond donors (Lipinski definition) is 0. The summed E-state index contributed by atoms with van der Waals surface area (Å²) >= 11 is 6.11. The number of rotatable bonds is 4. The Morgan fingerprint density at radius 2 is 1.88 bits per heavy atom. The van der Waals surface area contributed by atoms with Gasteiger partial charge in [-0.2, -0.15) is 4.31 Å². The van der Waals surface area contributed by atoms with E-state index < -0.39 is 10.0 Å². The molecule has 0 bridgehead atoms. The molecule has 0 spiro atoms. The summed E-state index contributed by atoms with van der Waals surface area (Å²) in [5.74, 6) is 1.40. The second-order valence-corrected chi connectivity index (χ2v) is 10.1. The maximum absolute atomic E-state index is 12.8. The molecule has 1 atom stereocenters. The maximum atomic E-state index is 12.8. The lowest BCUT2D eigenvalue weighted by molar-refractivity contribution is 0.136. The molecule has 140 valence electrons. The van der Waals surface area contributed by atoms with E-state index in [1.807, 2.05) is 6.92 Å². The molecule has 6 heteroatoms. The van der Waals surface area contributed by atoms with E-state index >= 15 is 0 Å². The Morgan fingerprint density at radius 3 is 2.52 bits per heavy atom. The zero-order chi connectivity index (χ0) is 18.0. The fourth-order valence-electron chi connectivity index (χ4n) is 4.03. The average molecular weight is 385 g/mol. The van der Waals surface area contributed by atoms with Crippen LogP contribution in [0.4, 0.5) is 0 Å². The zero-order valence-electron chi connectivity index (χ0n) is 15.2. The lowest BCUT2D eigenvalue weighted by Crippen LogP contribution is -2.43. The van der Waals surface area contributed by atoms with Gasteiger partial charge in [-0.05, 0) is 68.7 Å². The summed E-state index contributed by atoms with van der Waals surface area (Å²) in [4.78, 5) is 2.88. The highest BCUT2D eigenvalue weighted by Gasteiger charge is 2.30. The van der Waals surface area contributed by atoms with E-state index in [1.54, 1.807) is 22.5 Å². The molecule has 2 aliphatic rings. The van der Waals surface area contributed by atoms with Gasteiger partial charge in [-0.3, -0.25) is 0 Å². The van der Waals surface area contributed by atoms with Crippen LogP contribution in [0.3, 0.4) is 0 Å². The molecule has 0 N–H and O–H groups in total. The van der Waals surface area contributed by atoms with Crippen molar-refractivity contribution in [2.45, 2.75) is 44.4 Å². The molecule has 2 saturated heterocycles. The van der Waals surface area contributed by atoms with E-state index in [0.717, 1.165) is 30.9 Å². The Morgan fingerprint density at radius 1 is 1.16 bits per heavy atom. The van der Waals surface area contributed by atoms with Gasteiger partial charge in [0.15, 0.2) is 0 Å². The van der Waals surface area contributed by atoms with Crippen molar-refractivity contribution in [3.63, 3.8) is 0 Å². The van der Waals surface area contributed by atoms with Crippen molar-refractivity contribution in [2.75, 3.05) is 32.7 Å². The lowest BCUT2D eigenvalue weighted by atomic mass is 9.94. The van der Waals surface area contributed by atoms with Gasteiger partial charge in [0.05, 0.1) is 4.90 Å². The first-order chi connectivity index (χ1) is 11.9. The van der Waals surface area contributed by atoms with E-state index in [-0.39, 0.29) is 0 Å². The zero-order valence-corrected chi connectivity index (χ0v) is 16.8. The third-order valence-corrected chi connectivity index (χ3v) is 7.91. The summed E-state index contributed by atoms with van der Waals surface area (Å²) in [7, 11) is -3.43. The van der Waals surface area contributed by atoms with Crippen LogP contribution in [-0.4, -0.2) is 50.3 Å². The minimum absolute atomic E-state index is 0.311. The van der Waals surface area contributed by atoms with Crippen molar-refractivity contribution in [1.82, 2.24) is 9.21 Å². The van der Waals surface area contributed by atoms with Crippen molar-refractivity contribution in [1.29, 1.82) is 0 Å². The third kappa shape index (κ3) is 4.57. The molecule has 0 amide bonds. The van der Waals surface area contributed by atoms with Crippen LogP contribution < -0.4 is 0 Å². The van der Waals surface area contributed by atoms with Gasteiger partial charge in [0.1, 0.15) is 0 Å². The molecule has 2 fully saturated rings. The smallest absolute Gasteiger partial charge is 0.243 e. The standard InChI is InChI=1S/C19H29ClN2O2S/c1-15-4-3-9-21(13-15)14-17-7-10-22(11-8-17)25(23,24)18-6-5-16(2)19(20)12-18/h5-6,12,15,17H,3-4,7-11,13-14H2,1-2H3/t15-/m1/s1. The predicted molar refractivity (Wildman–Crippen MR) is 103 cm³/mol. The van der Waals surface area contributed by atoms with Gasteiger partial charge >= 0.3 is 0 Å². The van der Waals surface area contributed by atoms with Gasteiger partial charge in [-0.15, -0.1) is 0 Å². The monoisotopic (exact) mass is 384 g/mol. The van der Waals surface area contributed by atoms with Crippen molar-refractivity contribution in [3.05, 3.63) is 28.8 Å². The highest BCUT2D eigenvalue weighted by Crippen LogP contribution is 2.28. The summed E-state index contributed by atoms with van der Waals surface area (Å²) in [5, 5.41) is 0.509. The van der Waals surface area contributed by atoms with Gasteiger partial charge in [0, 0.05) is 31.2 Å². The van der Waals surface area contributed by atoms with Crippen LogP contribution in [0.2, 0.25) is 5.02 Å². The Hall–Kier alpha value is -0.620. The molecule has 0 saturated carbocycles. The molecule has 0 radical (unpaired) electrons. The van der Waals surface area contributed by atoms with Crippen molar-refractivity contribution in [3.8, 4) is 0 Å². The largest absolute Gasteiger partial charge is 0.303 e.